The minimum absolute atomic E-state index is 0.0356. The van der Waals surface area contributed by atoms with E-state index in [-0.39, 0.29) is 10.0 Å². The van der Waals surface area contributed by atoms with Gasteiger partial charge in [0.15, 0.2) is 17.4 Å². The number of halogens is 3. The number of benzene rings is 1. The third-order valence-corrected chi connectivity index (χ3v) is 2.72. The van der Waals surface area contributed by atoms with Gasteiger partial charge in [-0.25, -0.2) is 8.78 Å². The standard InChI is InChI=1S/C10H10BrF2NO3/c1-17-10-8(12)4(2-5(11)9(10)13)6(14)3-7(15)16/h2,6H,3,14H2,1H3,(H,15,16). The molecule has 1 aromatic carbocycles. The summed E-state index contributed by atoms with van der Waals surface area (Å²) in [5.74, 6) is -3.63. The zero-order valence-corrected chi connectivity index (χ0v) is 10.4. The molecule has 1 atom stereocenters. The molecular weight excluding hydrogens is 300 g/mol. The minimum atomic E-state index is -1.17. The van der Waals surface area contributed by atoms with Crippen LogP contribution in [0.25, 0.3) is 0 Å². The number of carboxylic acids is 1. The Morgan fingerprint density at radius 1 is 1.59 bits per heavy atom. The Morgan fingerprint density at radius 3 is 2.65 bits per heavy atom. The Balaban J connectivity index is 3.25. The highest BCUT2D eigenvalue weighted by molar-refractivity contribution is 9.10. The van der Waals surface area contributed by atoms with Crippen molar-refractivity contribution in [1.29, 1.82) is 0 Å². The van der Waals surface area contributed by atoms with Crippen LogP contribution in [0.4, 0.5) is 8.78 Å². The van der Waals surface area contributed by atoms with E-state index in [2.05, 4.69) is 20.7 Å². The maximum Gasteiger partial charge on any atom is 0.305 e. The number of carboxylic acid groups (broad SMARTS) is 1. The fourth-order valence-corrected chi connectivity index (χ4v) is 1.77. The third kappa shape index (κ3) is 2.92. The molecule has 0 amide bonds. The van der Waals surface area contributed by atoms with Crippen LogP contribution < -0.4 is 10.5 Å². The molecule has 0 fully saturated rings. The molecule has 1 rings (SSSR count). The summed E-state index contributed by atoms with van der Waals surface area (Å²) in [6.07, 6.45) is -0.460. The second-order valence-electron chi connectivity index (χ2n) is 3.31. The molecule has 0 spiro atoms. The highest BCUT2D eigenvalue weighted by Gasteiger charge is 2.23. The monoisotopic (exact) mass is 309 g/mol. The van der Waals surface area contributed by atoms with Crippen LogP contribution in [0.3, 0.4) is 0 Å². The molecule has 0 saturated carbocycles. The van der Waals surface area contributed by atoms with Gasteiger partial charge >= 0.3 is 5.97 Å². The maximum absolute atomic E-state index is 13.8. The molecule has 1 aromatic rings. The average molecular weight is 310 g/mol. The van der Waals surface area contributed by atoms with Crippen LogP contribution in [0.2, 0.25) is 0 Å². The summed E-state index contributed by atoms with van der Waals surface area (Å²) >= 11 is 2.88. The number of hydrogen-bond acceptors (Lipinski definition) is 3. The van der Waals surface area contributed by atoms with E-state index in [1.807, 2.05) is 0 Å². The van der Waals surface area contributed by atoms with Gasteiger partial charge in [-0.3, -0.25) is 4.79 Å². The smallest absolute Gasteiger partial charge is 0.305 e. The lowest BCUT2D eigenvalue weighted by Gasteiger charge is -2.14. The van der Waals surface area contributed by atoms with Gasteiger partial charge in [-0.2, -0.15) is 0 Å². The van der Waals surface area contributed by atoms with E-state index >= 15 is 0 Å². The number of nitrogens with two attached hydrogens (primary N) is 1. The molecule has 94 valence electrons. The number of aliphatic carboxylic acids is 1. The number of rotatable bonds is 4. The lowest BCUT2D eigenvalue weighted by molar-refractivity contribution is -0.137. The van der Waals surface area contributed by atoms with Gasteiger partial charge in [0.05, 0.1) is 18.0 Å². The zero-order valence-electron chi connectivity index (χ0n) is 8.84. The van der Waals surface area contributed by atoms with Crippen molar-refractivity contribution in [3.05, 3.63) is 27.7 Å². The van der Waals surface area contributed by atoms with Crippen molar-refractivity contribution in [1.82, 2.24) is 0 Å². The fourth-order valence-electron chi connectivity index (χ4n) is 1.35. The van der Waals surface area contributed by atoms with Crippen molar-refractivity contribution in [3.63, 3.8) is 0 Å². The summed E-state index contributed by atoms with van der Waals surface area (Å²) in [5.41, 5.74) is 5.41. The zero-order chi connectivity index (χ0) is 13.2. The highest BCUT2D eigenvalue weighted by Crippen LogP contribution is 2.33. The summed E-state index contributed by atoms with van der Waals surface area (Å²) in [6, 6.07) is 0.0409. The number of carbonyl (C=O) groups is 1. The lowest BCUT2D eigenvalue weighted by Crippen LogP contribution is -2.17. The van der Waals surface area contributed by atoms with Gasteiger partial charge in [0.2, 0.25) is 0 Å². The normalized spacial score (nSPS) is 12.3. The van der Waals surface area contributed by atoms with E-state index in [1.165, 1.54) is 0 Å². The summed E-state index contributed by atoms with van der Waals surface area (Å²) in [6.45, 7) is 0. The predicted molar refractivity (Wildman–Crippen MR) is 59.8 cm³/mol. The first kappa shape index (κ1) is 13.9. The van der Waals surface area contributed by atoms with Crippen molar-refractivity contribution < 1.29 is 23.4 Å². The van der Waals surface area contributed by atoms with Gasteiger partial charge in [0.25, 0.3) is 0 Å². The first-order valence-electron chi connectivity index (χ1n) is 4.57. The van der Waals surface area contributed by atoms with Crippen LogP contribution in [0.5, 0.6) is 5.75 Å². The second kappa shape index (κ2) is 5.42. The summed E-state index contributed by atoms with van der Waals surface area (Å²) < 4.78 is 31.7. The molecule has 17 heavy (non-hydrogen) atoms. The van der Waals surface area contributed by atoms with Crippen LogP contribution >= 0.6 is 15.9 Å². The Bertz CT molecular complexity index is 454. The van der Waals surface area contributed by atoms with Crippen LogP contribution in [0.1, 0.15) is 18.0 Å². The first-order chi connectivity index (χ1) is 7.88. The van der Waals surface area contributed by atoms with Gasteiger partial charge in [-0.05, 0) is 22.0 Å². The Labute approximate surface area is 104 Å². The molecule has 0 radical (unpaired) electrons. The van der Waals surface area contributed by atoms with Crippen LogP contribution in [0.15, 0.2) is 10.5 Å². The maximum atomic E-state index is 13.8. The largest absolute Gasteiger partial charge is 0.491 e. The number of hydrogen-bond donors (Lipinski definition) is 2. The topological polar surface area (TPSA) is 72.5 Å². The van der Waals surface area contributed by atoms with Crippen LogP contribution in [0, 0.1) is 11.6 Å². The Morgan fingerprint density at radius 2 is 2.18 bits per heavy atom. The average Bonchev–Trinajstić information content (AvgIpc) is 2.23. The lowest BCUT2D eigenvalue weighted by atomic mass is 10.0. The molecule has 0 aromatic heterocycles. The van der Waals surface area contributed by atoms with Gasteiger partial charge in [-0.15, -0.1) is 0 Å². The number of methoxy groups -OCH3 is 1. The molecular formula is C10H10BrF2NO3. The van der Waals surface area contributed by atoms with Crippen molar-refractivity contribution >= 4 is 21.9 Å². The van der Waals surface area contributed by atoms with E-state index in [1.54, 1.807) is 0 Å². The predicted octanol–water partition coefficient (Wildman–Crippen LogP) is 2.21. The van der Waals surface area contributed by atoms with Gasteiger partial charge in [0, 0.05) is 11.6 Å². The summed E-state index contributed by atoms with van der Waals surface area (Å²) in [7, 11) is 1.11. The van der Waals surface area contributed by atoms with Gasteiger partial charge in [0.1, 0.15) is 0 Å². The fraction of sp³-hybridized carbons (Fsp3) is 0.300. The summed E-state index contributed by atoms with van der Waals surface area (Å²) in [4.78, 5) is 10.5. The molecule has 0 saturated heterocycles. The Kier molecular flexibility index (Phi) is 4.41. The molecule has 4 nitrogen and oxygen atoms in total. The SMILES string of the molecule is COc1c(F)c(Br)cc(C(N)CC(=O)O)c1F. The van der Waals surface area contributed by atoms with E-state index in [0.29, 0.717) is 0 Å². The van der Waals surface area contributed by atoms with Crippen LogP contribution in [-0.4, -0.2) is 18.2 Å². The van der Waals surface area contributed by atoms with E-state index < -0.39 is 35.8 Å². The first-order valence-corrected chi connectivity index (χ1v) is 5.36. The van der Waals surface area contributed by atoms with Crippen molar-refractivity contribution in [2.75, 3.05) is 7.11 Å². The molecule has 0 aliphatic carbocycles. The highest BCUT2D eigenvalue weighted by atomic mass is 79.9. The van der Waals surface area contributed by atoms with Crippen molar-refractivity contribution in [2.24, 2.45) is 5.73 Å². The minimum Gasteiger partial charge on any atom is -0.491 e. The quantitative estimate of drug-likeness (QED) is 0.836. The Hall–Kier alpha value is -1.21. The van der Waals surface area contributed by atoms with E-state index in [0.717, 1.165) is 13.2 Å². The third-order valence-electron chi connectivity index (χ3n) is 2.14. The molecule has 0 aliphatic heterocycles. The molecule has 0 aliphatic rings. The van der Waals surface area contributed by atoms with Crippen LogP contribution in [-0.2, 0) is 4.79 Å². The van der Waals surface area contributed by atoms with Gasteiger partial charge in [-0.1, -0.05) is 0 Å². The molecule has 3 N–H and O–H groups in total. The molecule has 0 heterocycles. The molecule has 7 heteroatoms. The van der Waals surface area contributed by atoms with Crippen molar-refractivity contribution in [2.45, 2.75) is 12.5 Å². The van der Waals surface area contributed by atoms with Gasteiger partial charge < -0.3 is 15.6 Å². The second-order valence-corrected chi connectivity index (χ2v) is 4.17. The molecule has 0 bridgehead atoms. The van der Waals surface area contributed by atoms with E-state index in [9.17, 15) is 13.6 Å². The van der Waals surface area contributed by atoms with E-state index in [4.69, 9.17) is 10.8 Å². The van der Waals surface area contributed by atoms with Crippen molar-refractivity contribution in [3.8, 4) is 5.75 Å². The summed E-state index contributed by atoms with van der Waals surface area (Å²) in [5, 5.41) is 8.57. The number of ether oxygens (including phenoxy) is 1. The molecule has 1 unspecified atom stereocenters.